The normalized spacial score (nSPS) is 22.9. The molecule has 3 atom stereocenters. The SMILES string of the molecule is O=C(N[C@H]1CCc2sc(NC(=O)[C@H]3C[C@H]3F)c(C(=O)NCC3CC3)c2C1)OCc1ccccc1. The summed E-state index contributed by atoms with van der Waals surface area (Å²) < 4.78 is 18.7. The Morgan fingerprint density at radius 2 is 1.88 bits per heavy atom. The molecule has 0 radical (unpaired) electrons. The fourth-order valence-corrected chi connectivity index (χ4v) is 5.50. The number of nitrogens with one attached hydrogen (secondary N) is 3. The van der Waals surface area contributed by atoms with Crippen LogP contribution in [0.4, 0.5) is 14.2 Å². The van der Waals surface area contributed by atoms with E-state index in [0.717, 1.165) is 28.8 Å². The topological polar surface area (TPSA) is 96.5 Å². The molecule has 7 nitrogen and oxygen atoms in total. The summed E-state index contributed by atoms with van der Waals surface area (Å²) in [5, 5.41) is 9.19. The summed E-state index contributed by atoms with van der Waals surface area (Å²) in [6.45, 7) is 0.796. The average Bonchev–Trinajstić information content (AvgIpc) is 3.75. The minimum Gasteiger partial charge on any atom is -0.445 e. The molecule has 0 saturated heterocycles. The molecule has 3 N–H and O–H groups in total. The third-order valence-corrected chi connectivity index (χ3v) is 7.76. The lowest BCUT2D eigenvalue weighted by atomic mass is 9.91. The highest BCUT2D eigenvalue weighted by atomic mass is 32.1. The molecule has 0 aliphatic heterocycles. The number of hydrogen-bond donors (Lipinski definition) is 3. The molecule has 0 bridgehead atoms. The standard InChI is InChI=1S/C25H28FN3O4S/c26-19-11-17(19)22(30)29-24-21(23(31)27-12-14-6-7-14)18-10-16(8-9-20(18)34-24)28-25(32)33-13-15-4-2-1-3-5-15/h1-5,14,16-17,19H,6-13H2,(H,27,31)(H,28,32)(H,29,30)/t16-,17-,19+/m0/s1. The Kier molecular flexibility index (Phi) is 6.54. The van der Waals surface area contributed by atoms with Gasteiger partial charge in [-0.05, 0) is 55.6 Å². The van der Waals surface area contributed by atoms with Gasteiger partial charge in [-0.3, -0.25) is 9.59 Å². The molecule has 34 heavy (non-hydrogen) atoms. The van der Waals surface area contributed by atoms with Gasteiger partial charge in [0.2, 0.25) is 5.91 Å². The molecule has 0 spiro atoms. The van der Waals surface area contributed by atoms with Crippen LogP contribution in [0.1, 0.15) is 52.0 Å². The highest BCUT2D eigenvalue weighted by Crippen LogP contribution is 2.41. The second kappa shape index (κ2) is 9.74. The first-order chi connectivity index (χ1) is 16.5. The van der Waals surface area contributed by atoms with Crippen LogP contribution in [0, 0.1) is 11.8 Å². The zero-order valence-electron chi connectivity index (χ0n) is 18.8. The molecule has 2 aromatic rings. The maximum absolute atomic E-state index is 13.4. The number of carbonyl (C=O) groups excluding carboxylic acids is 3. The van der Waals surface area contributed by atoms with Gasteiger partial charge in [0, 0.05) is 17.5 Å². The Labute approximate surface area is 201 Å². The van der Waals surface area contributed by atoms with E-state index in [4.69, 9.17) is 4.74 Å². The quantitative estimate of drug-likeness (QED) is 0.527. The molecule has 2 fully saturated rings. The lowest BCUT2D eigenvalue weighted by molar-refractivity contribution is -0.117. The first kappa shape index (κ1) is 22.8. The highest BCUT2D eigenvalue weighted by molar-refractivity contribution is 7.17. The smallest absolute Gasteiger partial charge is 0.407 e. The van der Waals surface area contributed by atoms with Crippen molar-refractivity contribution in [3.05, 3.63) is 51.9 Å². The number of halogens is 1. The van der Waals surface area contributed by atoms with Crippen molar-refractivity contribution in [1.29, 1.82) is 0 Å². The summed E-state index contributed by atoms with van der Waals surface area (Å²) >= 11 is 1.38. The Bertz CT molecular complexity index is 1090. The van der Waals surface area contributed by atoms with E-state index in [-0.39, 0.29) is 30.9 Å². The van der Waals surface area contributed by atoms with Gasteiger partial charge in [0.25, 0.3) is 5.91 Å². The van der Waals surface area contributed by atoms with Crippen molar-refractivity contribution >= 4 is 34.2 Å². The monoisotopic (exact) mass is 485 g/mol. The van der Waals surface area contributed by atoms with E-state index in [0.29, 0.717) is 42.3 Å². The molecule has 3 aliphatic carbocycles. The number of aryl methyl sites for hydroxylation is 1. The van der Waals surface area contributed by atoms with E-state index in [1.54, 1.807) is 0 Å². The predicted molar refractivity (Wildman–Crippen MR) is 127 cm³/mol. The summed E-state index contributed by atoms with van der Waals surface area (Å²) in [6.07, 6.45) is 2.73. The van der Waals surface area contributed by atoms with Crippen LogP contribution in [-0.4, -0.2) is 36.7 Å². The number of thiophene rings is 1. The van der Waals surface area contributed by atoms with Crippen molar-refractivity contribution in [2.45, 2.75) is 57.3 Å². The van der Waals surface area contributed by atoms with Gasteiger partial charge < -0.3 is 20.7 Å². The van der Waals surface area contributed by atoms with E-state index < -0.39 is 18.2 Å². The third-order valence-electron chi connectivity index (χ3n) is 6.56. The Morgan fingerprint density at radius 1 is 1.12 bits per heavy atom. The van der Waals surface area contributed by atoms with Gasteiger partial charge in [-0.1, -0.05) is 30.3 Å². The number of rotatable bonds is 8. The summed E-state index contributed by atoms with van der Waals surface area (Å²) in [5.74, 6) is -0.708. The van der Waals surface area contributed by atoms with Gasteiger partial charge in [0.1, 0.15) is 17.8 Å². The molecular weight excluding hydrogens is 457 g/mol. The number of anilines is 1. The van der Waals surface area contributed by atoms with Crippen LogP contribution in [0.5, 0.6) is 0 Å². The Morgan fingerprint density at radius 3 is 2.59 bits per heavy atom. The predicted octanol–water partition coefficient (Wildman–Crippen LogP) is 3.97. The number of ether oxygens (including phenoxy) is 1. The van der Waals surface area contributed by atoms with Crippen LogP contribution in [0.2, 0.25) is 0 Å². The number of amides is 3. The van der Waals surface area contributed by atoms with Gasteiger partial charge in [-0.15, -0.1) is 11.3 Å². The second-order valence-electron chi connectivity index (χ2n) is 9.35. The fraction of sp³-hybridized carbons (Fsp3) is 0.480. The molecular formula is C25H28FN3O4S. The number of hydrogen-bond acceptors (Lipinski definition) is 5. The molecule has 0 unspecified atom stereocenters. The molecule has 1 heterocycles. The maximum Gasteiger partial charge on any atom is 0.407 e. The second-order valence-corrected chi connectivity index (χ2v) is 10.5. The summed E-state index contributed by atoms with van der Waals surface area (Å²) in [4.78, 5) is 38.9. The van der Waals surface area contributed by atoms with E-state index in [1.807, 2.05) is 30.3 Å². The van der Waals surface area contributed by atoms with Crippen molar-refractivity contribution in [3.8, 4) is 0 Å². The molecule has 9 heteroatoms. The zero-order valence-corrected chi connectivity index (χ0v) is 19.6. The number of benzene rings is 1. The van der Waals surface area contributed by atoms with E-state index in [1.165, 1.54) is 11.3 Å². The first-order valence-electron chi connectivity index (χ1n) is 11.8. The van der Waals surface area contributed by atoms with Crippen LogP contribution < -0.4 is 16.0 Å². The van der Waals surface area contributed by atoms with Crippen molar-refractivity contribution < 1.29 is 23.5 Å². The highest BCUT2D eigenvalue weighted by Gasteiger charge is 2.44. The number of fused-ring (bicyclic) bond motifs is 1. The third kappa shape index (κ3) is 5.41. The molecule has 1 aromatic carbocycles. The Balaban J connectivity index is 1.27. The van der Waals surface area contributed by atoms with Crippen LogP contribution in [0.25, 0.3) is 0 Å². The molecule has 180 valence electrons. The molecule has 5 rings (SSSR count). The van der Waals surface area contributed by atoms with Gasteiger partial charge >= 0.3 is 6.09 Å². The van der Waals surface area contributed by atoms with Gasteiger partial charge in [-0.2, -0.15) is 0 Å². The number of alkyl halides is 1. The minimum absolute atomic E-state index is 0.178. The number of carbonyl (C=O) groups is 3. The first-order valence-corrected chi connectivity index (χ1v) is 12.6. The number of alkyl carbamates (subject to hydrolysis) is 1. The summed E-state index contributed by atoms with van der Waals surface area (Å²) in [5.41, 5.74) is 2.21. The van der Waals surface area contributed by atoms with Gasteiger partial charge in [-0.25, -0.2) is 9.18 Å². The molecule has 2 saturated carbocycles. The van der Waals surface area contributed by atoms with Crippen molar-refractivity contribution in [3.63, 3.8) is 0 Å². The van der Waals surface area contributed by atoms with Crippen LogP contribution >= 0.6 is 11.3 Å². The Hall–Kier alpha value is -2.94. The van der Waals surface area contributed by atoms with Crippen molar-refractivity contribution in [2.24, 2.45) is 11.8 Å². The molecule has 3 amide bonds. The lowest BCUT2D eigenvalue weighted by Crippen LogP contribution is -2.39. The molecule has 3 aliphatic rings. The molecule has 1 aromatic heterocycles. The van der Waals surface area contributed by atoms with E-state index in [2.05, 4.69) is 16.0 Å². The van der Waals surface area contributed by atoms with Crippen LogP contribution in [-0.2, 0) is 29.0 Å². The van der Waals surface area contributed by atoms with Crippen LogP contribution in [0.15, 0.2) is 30.3 Å². The van der Waals surface area contributed by atoms with Crippen LogP contribution in [0.3, 0.4) is 0 Å². The maximum atomic E-state index is 13.4. The van der Waals surface area contributed by atoms with Crippen molar-refractivity contribution in [1.82, 2.24) is 10.6 Å². The zero-order chi connectivity index (χ0) is 23.7. The van der Waals surface area contributed by atoms with Gasteiger partial charge in [0.05, 0.1) is 11.5 Å². The average molecular weight is 486 g/mol. The lowest BCUT2D eigenvalue weighted by Gasteiger charge is -2.24. The van der Waals surface area contributed by atoms with Gasteiger partial charge in [0.15, 0.2) is 0 Å². The van der Waals surface area contributed by atoms with Crippen molar-refractivity contribution in [2.75, 3.05) is 11.9 Å². The van der Waals surface area contributed by atoms with E-state index in [9.17, 15) is 18.8 Å². The van der Waals surface area contributed by atoms with E-state index >= 15 is 0 Å². The minimum atomic E-state index is -1.10. The largest absolute Gasteiger partial charge is 0.445 e. The summed E-state index contributed by atoms with van der Waals surface area (Å²) in [6, 6.07) is 9.28. The summed E-state index contributed by atoms with van der Waals surface area (Å²) in [7, 11) is 0. The fourth-order valence-electron chi connectivity index (χ4n) is 4.25.